The average Bonchev–Trinajstić information content (AvgIpc) is 1.96. The molecule has 0 aliphatic carbocycles. The van der Waals surface area contributed by atoms with E-state index in [1.54, 1.807) is 0 Å². The van der Waals surface area contributed by atoms with Gasteiger partial charge < -0.3 is 24.3 Å². The van der Waals surface area contributed by atoms with Gasteiger partial charge in [0, 0.05) is 0 Å². The van der Waals surface area contributed by atoms with Crippen LogP contribution in [0.25, 0.3) is 0 Å². The zero-order valence-corrected chi connectivity index (χ0v) is 13.4. The second-order valence-electron chi connectivity index (χ2n) is 4.50. The average molecular weight is 302 g/mol. The number of quaternary nitrogens is 2. The lowest BCUT2D eigenvalue weighted by molar-refractivity contribution is -0.836. The summed E-state index contributed by atoms with van der Waals surface area (Å²) in [7, 11) is 7.58. The van der Waals surface area contributed by atoms with E-state index in [2.05, 4.69) is 48.9 Å². The molecule has 0 aromatic carbocycles. The van der Waals surface area contributed by atoms with Crippen LogP contribution in [0.4, 0.5) is 0 Å². The summed E-state index contributed by atoms with van der Waals surface area (Å²) in [5.41, 5.74) is 0.0648. The van der Waals surface area contributed by atoms with Crippen LogP contribution < -0.4 is 14.9 Å². The van der Waals surface area contributed by atoms with Crippen molar-refractivity contribution in [3.8, 4) is 0 Å². The van der Waals surface area contributed by atoms with Gasteiger partial charge in [0.15, 0.2) is 0 Å². The lowest BCUT2D eigenvalue weighted by Crippen LogP contribution is -3.02. The van der Waals surface area contributed by atoms with Crippen molar-refractivity contribution >= 4 is 16.4 Å². The number of hydrogen-bond donors (Lipinski definition) is 3. The maximum Gasteiger partial charge on any atom is 0.215 e. The van der Waals surface area contributed by atoms with Crippen LogP contribution in [0.5, 0.6) is 0 Å². The molecule has 0 amide bonds. The fraction of sp³-hybridized carbons (Fsp3) is 0.700. The number of carboxylic acids is 1. The van der Waals surface area contributed by atoms with Crippen LogP contribution in [-0.4, -0.2) is 65.8 Å². The Labute approximate surface area is 115 Å². The van der Waals surface area contributed by atoms with Crippen molar-refractivity contribution in [2.75, 3.05) is 42.3 Å². The summed E-state index contributed by atoms with van der Waals surface area (Å²) in [4.78, 5) is 12.3. The van der Waals surface area contributed by atoms with Crippen molar-refractivity contribution < 1.29 is 37.2 Å². The fourth-order valence-electron chi connectivity index (χ4n) is 0. The zero-order chi connectivity index (χ0) is 16.8. The molecule has 0 bridgehead atoms. The number of carbonyl (C=O) groups is 1. The van der Waals surface area contributed by atoms with Crippen molar-refractivity contribution in [3.05, 3.63) is 12.2 Å². The summed E-state index contributed by atoms with van der Waals surface area (Å²) in [5.74, 6) is -1.19. The first-order valence-corrected chi connectivity index (χ1v) is 6.56. The van der Waals surface area contributed by atoms with Crippen molar-refractivity contribution in [3.63, 3.8) is 0 Å². The molecule has 0 unspecified atom stereocenters. The second-order valence-corrected chi connectivity index (χ2v) is 5.35. The molecular weight excluding hydrogens is 276 g/mol. The Morgan fingerprint density at radius 1 is 1.05 bits per heavy atom. The minimum absolute atomic E-state index is 0.0648. The summed E-state index contributed by atoms with van der Waals surface area (Å²) in [6.07, 6.45) is 0. The van der Waals surface area contributed by atoms with E-state index < -0.39 is 16.4 Å². The molecule has 0 saturated heterocycles. The molecule has 0 atom stereocenters. The van der Waals surface area contributed by atoms with Crippen molar-refractivity contribution in [2.45, 2.75) is 6.92 Å². The molecule has 0 fully saturated rings. The molecule has 0 heterocycles. The van der Waals surface area contributed by atoms with Gasteiger partial charge in [0.1, 0.15) is 0 Å². The van der Waals surface area contributed by atoms with Crippen molar-refractivity contribution in [2.24, 2.45) is 0 Å². The number of aliphatic carboxylic acids is 1. The lowest BCUT2D eigenvalue weighted by Gasteiger charge is -1.93. The van der Waals surface area contributed by atoms with Crippen LogP contribution in [-0.2, 0) is 15.2 Å². The first kappa shape index (κ1) is 26.5. The van der Waals surface area contributed by atoms with Crippen molar-refractivity contribution in [1.82, 2.24) is 0 Å². The molecule has 0 radical (unpaired) electrons. The second kappa shape index (κ2) is 15.1. The molecule has 0 saturated carbocycles. The highest BCUT2D eigenvalue weighted by Crippen LogP contribution is 1.77. The van der Waals surface area contributed by atoms with Crippen LogP contribution in [0.3, 0.4) is 0 Å². The normalized spacial score (nSPS) is 9.21. The van der Waals surface area contributed by atoms with Gasteiger partial charge in [0.25, 0.3) is 0 Å². The number of hydrogen-bond acceptors (Lipinski definition) is 5. The highest BCUT2D eigenvalue weighted by molar-refractivity contribution is 7.79. The molecule has 3 N–H and O–H groups in total. The van der Waals surface area contributed by atoms with Gasteiger partial charge in [-0.1, -0.05) is 6.58 Å². The predicted octanol–water partition coefficient (Wildman–Crippen LogP) is -4.16. The van der Waals surface area contributed by atoms with Crippen LogP contribution in [0.2, 0.25) is 0 Å². The Bertz CT molecular complexity index is 293. The minimum atomic E-state index is -4.92. The molecule has 0 aromatic rings. The predicted molar refractivity (Wildman–Crippen MR) is 69.6 cm³/mol. The van der Waals surface area contributed by atoms with Gasteiger partial charge in [-0.25, -0.2) is 8.42 Å². The van der Waals surface area contributed by atoms with E-state index in [1.165, 1.54) is 16.7 Å². The van der Waals surface area contributed by atoms with E-state index in [-0.39, 0.29) is 5.57 Å². The van der Waals surface area contributed by atoms with E-state index in [0.717, 1.165) is 0 Å². The minimum Gasteiger partial charge on any atom is -0.726 e. The van der Waals surface area contributed by atoms with Gasteiger partial charge in [-0.2, -0.15) is 0 Å². The summed E-state index contributed by atoms with van der Waals surface area (Å²) in [5, 5.41) is 9.49. The summed E-state index contributed by atoms with van der Waals surface area (Å²) in [6, 6.07) is 0. The van der Waals surface area contributed by atoms with Gasteiger partial charge in [0.2, 0.25) is 10.4 Å². The first-order valence-electron chi connectivity index (χ1n) is 5.19. The highest BCUT2D eigenvalue weighted by Gasteiger charge is 1.76. The number of carboxylic acid groups (broad SMARTS) is 1. The molecule has 19 heavy (non-hydrogen) atoms. The van der Waals surface area contributed by atoms with Crippen LogP contribution >= 0.6 is 0 Å². The Kier molecular flexibility index (Phi) is 21.0. The SMILES string of the molecule is C=C(C)C(=O)[O-].C[NH+](C)C.C[NH+](C)C.O=S(=O)([O-])O. The van der Waals surface area contributed by atoms with Crippen LogP contribution in [0.15, 0.2) is 12.2 Å². The van der Waals surface area contributed by atoms with E-state index in [9.17, 15) is 9.90 Å². The molecule has 9 heteroatoms. The largest absolute Gasteiger partial charge is 0.726 e. The van der Waals surface area contributed by atoms with E-state index >= 15 is 0 Å². The third kappa shape index (κ3) is 425. The van der Waals surface area contributed by atoms with Gasteiger partial charge in [-0.15, -0.1) is 0 Å². The van der Waals surface area contributed by atoms with Gasteiger partial charge >= 0.3 is 0 Å². The monoisotopic (exact) mass is 302 g/mol. The molecule has 0 spiro atoms. The fourth-order valence-corrected chi connectivity index (χ4v) is 0. The lowest BCUT2D eigenvalue weighted by atomic mass is 10.4. The maximum atomic E-state index is 9.49. The van der Waals surface area contributed by atoms with Crippen LogP contribution in [0, 0.1) is 0 Å². The highest BCUT2D eigenvalue weighted by atomic mass is 32.3. The first-order chi connectivity index (χ1) is 8.11. The molecule has 8 nitrogen and oxygen atoms in total. The molecule has 118 valence electrons. The van der Waals surface area contributed by atoms with E-state index in [0.29, 0.717) is 0 Å². The summed E-state index contributed by atoms with van der Waals surface area (Å²) < 4.78 is 32.8. The molecule has 0 aliphatic heterocycles. The molecule has 0 aromatic heterocycles. The Hall–Kier alpha value is -1.00. The summed E-state index contributed by atoms with van der Waals surface area (Å²) >= 11 is 0. The Morgan fingerprint density at radius 3 is 1.11 bits per heavy atom. The number of carbonyl (C=O) groups excluding carboxylic acids is 1. The maximum absolute atomic E-state index is 9.49. The third-order valence-electron chi connectivity index (χ3n) is 0.348. The smallest absolute Gasteiger partial charge is 0.215 e. The standard InChI is InChI=1S/C4H6O2.2C3H9N.H2O4S/c1-3(2)4(5)6;2*1-4(2)3;1-5(2,3)4/h1H2,2H3,(H,5,6);2*1-3H3;(H2,1,2,3,4). The quantitative estimate of drug-likeness (QED) is 0.256. The van der Waals surface area contributed by atoms with E-state index in [4.69, 9.17) is 17.5 Å². The number of nitrogens with one attached hydrogen (secondary N) is 2. The van der Waals surface area contributed by atoms with Gasteiger partial charge in [-0.3, -0.25) is 4.55 Å². The van der Waals surface area contributed by atoms with Crippen LogP contribution in [0.1, 0.15) is 6.92 Å². The zero-order valence-electron chi connectivity index (χ0n) is 12.6. The summed E-state index contributed by atoms with van der Waals surface area (Å²) in [6.45, 7) is 4.48. The Balaban J connectivity index is -0.0000000803. The number of rotatable bonds is 1. The molecule has 0 rings (SSSR count). The van der Waals surface area contributed by atoms with Gasteiger partial charge in [-0.05, 0) is 12.5 Å². The Morgan fingerprint density at radius 2 is 1.11 bits per heavy atom. The topological polar surface area (TPSA) is 126 Å². The van der Waals surface area contributed by atoms with E-state index in [1.807, 2.05) is 0 Å². The van der Waals surface area contributed by atoms with Crippen molar-refractivity contribution in [1.29, 1.82) is 0 Å². The third-order valence-corrected chi connectivity index (χ3v) is 0.348. The van der Waals surface area contributed by atoms with Gasteiger partial charge in [0.05, 0.1) is 48.3 Å². The molecular formula is C10H26N2O6S. The molecule has 0 aliphatic rings.